The number of carbonyl (C=O) groups is 1. The maximum Gasteiger partial charge on any atom is 0.219 e. The van der Waals surface area contributed by atoms with Crippen molar-refractivity contribution in [1.82, 2.24) is 4.90 Å². The van der Waals surface area contributed by atoms with Crippen LogP contribution >= 0.6 is 0 Å². The van der Waals surface area contributed by atoms with E-state index in [1.165, 1.54) is 12.8 Å². The molecule has 1 aliphatic heterocycles. The highest BCUT2D eigenvalue weighted by Crippen LogP contribution is 2.14. The Hall–Kier alpha value is -0.570. The zero-order valence-electron chi connectivity index (χ0n) is 10.2. The Balaban J connectivity index is 2.21. The average Bonchev–Trinajstić information content (AvgIpc) is 2.17. The molecule has 15 heavy (non-hydrogen) atoms. The summed E-state index contributed by atoms with van der Waals surface area (Å²) in [7, 11) is 0. The van der Waals surface area contributed by atoms with Gasteiger partial charge in [-0.05, 0) is 12.3 Å². The molecule has 3 heteroatoms. The third-order valence-electron chi connectivity index (χ3n) is 2.89. The molecular weight excluding hydrogens is 190 g/mol. The molecule has 0 radical (unpaired) electrons. The van der Waals surface area contributed by atoms with Crippen molar-refractivity contribution in [2.75, 3.05) is 19.7 Å². The lowest BCUT2D eigenvalue weighted by Crippen LogP contribution is -2.44. The average molecular weight is 213 g/mol. The Bertz CT molecular complexity index is 204. The summed E-state index contributed by atoms with van der Waals surface area (Å²) in [5.41, 5.74) is 0. The summed E-state index contributed by atoms with van der Waals surface area (Å²) in [4.78, 5) is 13.1. The summed E-state index contributed by atoms with van der Waals surface area (Å²) in [6, 6.07) is 0. The highest BCUT2D eigenvalue weighted by molar-refractivity contribution is 5.73. The first-order valence-corrected chi connectivity index (χ1v) is 5.96. The molecule has 0 N–H and O–H groups in total. The molecule has 1 heterocycles. The number of hydrogen-bond donors (Lipinski definition) is 0. The Morgan fingerprint density at radius 2 is 2.27 bits per heavy atom. The van der Waals surface area contributed by atoms with Crippen molar-refractivity contribution in [3.05, 3.63) is 0 Å². The lowest BCUT2D eigenvalue weighted by molar-refractivity contribution is -0.136. The Kier molecular flexibility index (Phi) is 5.09. The van der Waals surface area contributed by atoms with Gasteiger partial charge in [0.1, 0.15) is 0 Å². The van der Waals surface area contributed by atoms with Crippen LogP contribution in [-0.4, -0.2) is 36.6 Å². The topological polar surface area (TPSA) is 29.5 Å². The van der Waals surface area contributed by atoms with Gasteiger partial charge in [0.05, 0.1) is 12.7 Å². The van der Waals surface area contributed by atoms with Crippen LogP contribution in [0.5, 0.6) is 0 Å². The van der Waals surface area contributed by atoms with E-state index in [1.807, 2.05) is 4.90 Å². The molecule has 0 aromatic carbocycles. The van der Waals surface area contributed by atoms with Crippen LogP contribution < -0.4 is 0 Å². The molecule has 0 bridgehead atoms. The summed E-state index contributed by atoms with van der Waals surface area (Å²) in [5, 5.41) is 0. The normalized spacial score (nSPS) is 22.1. The fourth-order valence-electron chi connectivity index (χ4n) is 1.93. The SMILES string of the molecule is CC(=O)N1CCOC(CCCC(C)C)C1. The van der Waals surface area contributed by atoms with Gasteiger partial charge in [-0.3, -0.25) is 4.79 Å². The quantitative estimate of drug-likeness (QED) is 0.715. The van der Waals surface area contributed by atoms with Crippen molar-refractivity contribution >= 4 is 5.91 Å². The summed E-state index contributed by atoms with van der Waals surface area (Å²) in [6.07, 6.45) is 3.80. The molecule has 1 aliphatic rings. The van der Waals surface area contributed by atoms with E-state index in [2.05, 4.69) is 13.8 Å². The van der Waals surface area contributed by atoms with E-state index in [0.29, 0.717) is 6.61 Å². The zero-order valence-corrected chi connectivity index (χ0v) is 10.2. The molecule has 1 atom stereocenters. The summed E-state index contributed by atoms with van der Waals surface area (Å²) >= 11 is 0. The molecule has 1 unspecified atom stereocenters. The molecule has 1 amide bonds. The van der Waals surface area contributed by atoms with Crippen molar-refractivity contribution in [2.24, 2.45) is 5.92 Å². The second-order valence-electron chi connectivity index (χ2n) is 4.78. The molecule has 1 fully saturated rings. The molecule has 0 aromatic rings. The van der Waals surface area contributed by atoms with Gasteiger partial charge in [0, 0.05) is 20.0 Å². The Labute approximate surface area is 92.8 Å². The number of amides is 1. The number of ether oxygens (including phenoxy) is 1. The van der Waals surface area contributed by atoms with Crippen LogP contribution in [0.15, 0.2) is 0 Å². The summed E-state index contributed by atoms with van der Waals surface area (Å²) in [5.74, 6) is 0.935. The molecule has 3 nitrogen and oxygen atoms in total. The molecule has 88 valence electrons. The Morgan fingerprint density at radius 3 is 2.87 bits per heavy atom. The van der Waals surface area contributed by atoms with Crippen molar-refractivity contribution in [3.63, 3.8) is 0 Å². The van der Waals surface area contributed by atoms with Crippen LogP contribution in [0.1, 0.15) is 40.0 Å². The van der Waals surface area contributed by atoms with Gasteiger partial charge < -0.3 is 9.64 Å². The van der Waals surface area contributed by atoms with E-state index in [0.717, 1.165) is 25.4 Å². The van der Waals surface area contributed by atoms with Gasteiger partial charge >= 0.3 is 0 Å². The van der Waals surface area contributed by atoms with E-state index < -0.39 is 0 Å². The van der Waals surface area contributed by atoms with E-state index in [4.69, 9.17) is 4.74 Å². The first-order valence-electron chi connectivity index (χ1n) is 5.96. The second-order valence-corrected chi connectivity index (χ2v) is 4.78. The molecule has 1 saturated heterocycles. The lowest BCUT2D eigenvalue weighted by atomic mass is 10.0. The van der Waals surface area contributed by atoms with Gasteiger partial charge in [-0.2, -0.15) is 0 Å². The standard InChI is InChI=1S/C12H23NO2/c1-10(2)5-4-6-12-9-13(11(3)14)7-8-15-12/h10,12H,4-9H2,1-3H3. The summed E-state index contributed by atoms with van der Waals surface area (Å²) in [6.45, 7) is 8.36. The monoisotopic (exact) mass is 213 g/mol. The van der Waals surface area contributed by atoms with Gasteiger partial charge in [-0.25, -0.2) is 0 Å². The van der Waals surface area contributed by atoms with Gasteiger partial charge in [0.25, 0.3) is 0 Å². The maximum atomic E-state index is 11.2. The number of hydrogen-bond acceptors (Lipinski definition) is 2. The van der Waals surface area contributed by atoms with Crippen molar-refractivity contribution in [2.45, 2.75) is 46.1 Å². The molecule has 0 aliphatic carbocycles. The van der Waals surface area contributed by atoms with Crippen molar-refractivity contribution in [3.8, 4) is 0 Å². The minimum atomic E-state index is 0.173. The minimum Gasteiger partial charge on any atom is -0.375 e. The van der Waals surface area contributed by atoms with Crippen LogP contribution in [0.2, 0.25) is 0 Å². The largest absolute Gasteiger partial charge is 0.375 e. The van der Waals surface area contributed by atoms with Gasteiger partial charge in [0.15, 0.2) is 0 Å². The molecule has 0 saturated carbocycles. The molecule has 0 aromatic heterocycles. The minimum absolute atomic E-state index is 0.173. The second kappa shape index (κ2) is 6.11. The zero-order chi connectivity index (χ0) is 11.3. The Morgan fingerprint density at radius 1 is 1.53 bits per heavy atom. The van der Waals surface area contributed by atoms with Crippen molar-refractivity contribution in [1.29, 1.82) is 0 Å². The predicted octanol–water partition coefficient (Wildman–Crippen LogP) is 2.06. The van der Waals surface area contributed by atoms with E-state index in [-0.39, 0.29) is 12.0 Å². The van der Waals surface area contributed by atoms with E-state index in [1.54, 1.807) is 6.92 Å². The number of carbonyl (C=O) groups excluding carboxylic acids is 1. The molecule has 1 rings (SSSR count). The highest BCUT2D eigenvalue weighted by atomic mass is 16.5. The van der Waals surface area contributed by atoms with Gasteiger partial charge in [-0.1, -0.05) is 26.7 Å². The third-order valence-corrected chi connectivity index (χ3v) is 2.89. The van der Waals surface area contributed by atoms with Crippen LogP contribution in [0.25, 0.3) is 0 Å². The van der Waals surface area contributed by atoms with Crippen LogP contribution in [0.3, 0.4) is 0 Å². The van der Waals surface area contributed by atoms with Gasteiger partial charge in [-0.15, -0.1) is 0 Å². The highest BCUT2D eigenvalue weighted by Gasteiger charge is 2.21. The molecular formula is C12H23NO2. The lowest BCUT2D eigenvalue weighted by Gasteiger charge is -2.32. The predicted molar refractivity (Wildman–Crippen MR) is 60.7 cm³/mol. The van der Waals surface area contributed by atoms with E-state index >= 15 is 0 Å². The number of rotatable bonds is 4. The number of morpholine rings is 1. The first-order chi connectivity index (χ1) is 7.09. The first kappa shape index (κ1) is 12.5. The number of nitrogens with zero attached hydrogens (tertiary/aromatic N) is 1. The fourth-order valence-corrected chi connectivity index (χ4v) is 1.93. The summed E-state index contributed by atoms with van der Waals surface area (Å²) < 4.78 is 5.65. The van der Waals surface area contributed by atoms with E-state index in [9.17, 15) is 4.79 Å². The van der Waals surface area contributed by atoms with Crippen LogP contribution in [-0.2, 0) is 9.53 Å². The molecule has 0 spiro atoms. The smallest absolute Gasteiger partial charge is 0.219 e. The third kappa shape index (κ3) is 4.65. The fraction of sp³-hybridized carbons (Fsp3) is 0.917. The van der Waals surface area contributed by atoms with Crippen LogP contribution in [0, 0.1) is 5.92 Å². The van der Waals surface area contributed by atoms with Crippen molar-refractivity contribution < 1.29 is 9.53 Å². The van der Waals surface area contributed by atoms with Gasteiger partial charge in [0.2, 0.25) is 5.91 Å². The maximum absolute atomic E-state index is 11.2. The van der Waals surface area contributed by atoms with Crippen LogP contribution in [0.4, 0.5) is 0 Å².